The highest BCUT2D eigenvalue weighted by atomic mass is 16.1. The predicted molar refractivity (Wildman–Crippen MR) is 68.1 cm³/mol. The molecule has 0 saturated carbocycles. The number of carbonyl (C=O) groups is 1. The highest BCUT2D eigenvalue weighted by Crippen LogP contribution is 2.18. The third kappa shape index (κ3) is 2.19. The van der Waals surface area contributed by atoms with E-state index in [1.807, 2.05) is 18.2 Å². The van der Waals surface area contributed by atoms with Crippen LogP contribution in [0.15, 0.2) is 18.2 Å². The van der Waals surface area contributed by atoms with Crippen molar-refractivity contribution in [2.24, 2.45) is 5.92 Å². The minimum atomic E-state index is 0.0966. The van der Waals surface area contributed by atoms with Gasteiger partial charge in [-0.05, 0) is 44.1 Å². The number of hydrogen-bond donors (Lipinski definition) is 3. The molecule has 0 radical (unpaired) electrons. The molecule has 3 rings (SSSR count). The van der Waals surface area contributed by atoms with Crippen molar-refractivity contribution in [1.82, 2.24) is 20.7 Å². The maximum atomic E-state index is 12.1. The van der Waals surface area contributed by atoms with Crippen molar-refractivity contribution in [2.45, 2.75) is 12.8 Å². The van der Waals surface area contributed by atoms with Gasteiger partial charge in [0.05, 0.1) is 0 Å². The van der Waals surface area contributed by atoms with Crippen LogP contribution < -0.4 is 10.6 Å². The third-order valence-electron chi connectivity index (χ3n) is 3.29. The summed E-state index contributed by atoms with van der Waals surface area (Å²) in [5.74, 6) is 0.207. The topological polar surface area (TPSA) is 82.7 Å². The summed E-state index contributed by atoms with van der Waals surface area (Å²) in [6, 6.07) is 5.53. The number of fused-ring (bicyclic) bond motifs is 1. The van der Waals surface area contributed by atoms with E-state index in [1.165, 1.54) is 0 Å². The highest BCUT2D eigenvalue weighted by molar-refractivity contribution is 5.94. The van der Waals surface area contributed by atoms with Crippen molar-refractivity contribution >= 4 is 22.6 Å². The summed E-state index contributed by atoms with van der Waals surface area (Å²) in [5, 5.41) is 16.7. The van der Waals surface area contributed by atoms with Crippen LogP contribution in [0.3, 0.4) is 0 Å². The van der Waals surface area contributed by atoms with Gasteiger partial charge in [-0.2, -0.15) is 15.4 Å². The number of carbonyl (C=O) groups excluding carboxylic acids is 1. The molecule has 1 fully saturated rings. The van der Waals surface area contributed by atoms with Crippen molar-refractivity contribution in [3.8, 4) is 0 Å². The molecule has 2 aromatic rings. The number of amides is 1. The van der Waals surface area contributed by atoms with E-state index in [9.17, 15) is 4.79 Å². The fourth-order valence-electron chi connectivity index (χ4n) is 2.25. The van der Waals surface area contributed by atoms with Crippen LogP contribution >= 0.6 is 0 Å². The molecule has 1 aliphatic rings. The molecule has 0 unspecified atom stereocenters. The van der Waals surface area contributed by atoms with E-state index >= 15 is 0 Å². The zero-order valence-electron chi connectivity index (χ0n) is 9.94. The van der Waals surface area contributed by atoms with Crippen molar-refractivity contribution in [1.29, 1.82) is 0 Å². The number of hydrogen-bond acceptors (Lipinski definition) is 4. The third-order valence-corrected chi connectivity index (χ3v) is 3.29. The van der Waals surface area contributed by atoms with E-state index < -0.39 is 0 Å². The Bertz CT molecular complexity index is 558. The molecule has 0 aliphatic carbocycles. The molecule has 18 heavy (non-hydrogen) atoms. The van der Waals surface area contributed by atoms with Crippen LogP contribution in [0.25, 0.3) is 11.0 Å². The number of rotatable bonds is 2. The summed E-state index contributed by atoms with van der Waals surface area (Å²) >= 11 is 0. The van der Waals surface area contributed by atoms with Crippen molar-refractivity contribution in [3.63, 3.8) is 0 Å². The molecule has 6 heteroatoms. The lowest BCUT2D eigenvalue weighted by atomic mass is 9.97. The molecule has 3 N–H and O–H groups in total. The largest absolute Gasteiger partial charge is 0.326 e. The number of nitrogens with one attached hydrogen (secondary N) is 3. The number of piperidine rings is 1. The molecule has 1 aliphatic heterocycles. The van der Waals surface area contributed by atoms with Gasteiger partial charge in [0.2, 0.25) is 5.91 Å². The van der Waals surface area contributed by atoms with Crippen molar-refractivity contribution < 1.29 is 4.79 Å². The molecule has 1 amide bonds. The first-order valence-corrected chi connectivity index (χ1v) is 6.15. The molecule has 0 spiro atoms. The molecular formula is C12H15N5O. The summed E-state index contributed by atoms with van der Waals surface area (Å²) < 4.78 is 0. The van der Waals surface area contributed by atoms with E-state index in [4.69, 9.17) is 0 Å². The lowest BCUT2D eigenvalue weighted by Crippen LogP contribution is -2.34. The highest BCUT2D eigenvalue weighted by Gasteiger charge is 2.20. The number of aromatic nitrogens is 3. The van der Waals surface area contributed by atoms with Gasteiger partial charge in [-0.25, -0.2) is 0 Å². The Balaban J connectivity index is 1.72. The number of H-pyrrole nitrogens is 1. The summed E-state index contributed by atoms with van der Waals surface area (Å²) in [5.41, 5.74) is 2.34. The van der Waals surface area contributed by atoms with Crippen LogP contribution in [0, 0.1) is 5.92 Å². The van der Waals surface area contributed by atoms with Crippen LogP contribution in [-0.2, 0) is 4.79 Å². The SMILES string of the molecule is O=C(Nc1ccc2n[nH]nc2c1)C1CCNCC1. The molecule has 2 heterocycles. The zero-order valence-corrected chi connectivity index (χ0v) is 9.94. The smallest absolute Gasteiger partial charge is 0.227 e. The molecule has 1 aromatic heterocycles. The van der Waals surface area contributed by atoms with Gasteiger partial charge in [-0.15, -0.1) is 0 Å². The second-order valence-corrected chi connectivity index (χ2v) is 4.54. The van der Waals surface area contributed by atoms with E-state index in [2.05, 4.69) is 26.0 Å². The Morgan fingerprint density at radius 2 is 2.00 bits per heavy atom. The quantitative estimate of drug-likeness (QED) is 0.734. The first kappa shape index (κ1) is 11.2. The van der Waals surface area contributed by atoms with Crippen LogP contribution in [-0.4, -0.2) is 34.4 Å². The number of nitrogens with zero attached hydrogens (tertiary/aromatic N) is 2. The average Bonchev–Trinajstić information content (AvgIpc) is 2.87. The summed E-state index contributed by atoms with van der Waals surface area (Å²) in [4.78, 5) is 12.1. The fraction of sp³-hybridized carbons (Fsp3) is 0.417. The Labute approximate surface area is 104 Å². The van der Waals surface area contributed by atoms with Gasteiger partial charge < -0.3 is 10.6 Å². The maximum Gasteiger partial charge on any atom is 0.227 e. The average molecular weight is 245 g/mol. The zero-order chi connectivity index (χ0) is 12.4. The van der Waals surface area contributed by atoms with Crippen LogP contribution in [0.5, 0.6) is 0 Å². The van der Waals surface area contributed by atoms with Gasteiger partial charge in [-0.3, -0.25) is 4.79 Å². The lowest BCUT2D eigenvalue weighted by Gasteiger charge is -2.21. The van der Waals surface area contributed by atoms with Crippen LogP contribution in [0.1, 0.15) is 12.8 Å². The van der Waals surface area contributed by atoms with E-state index in [-0.39, 0.29) is 11.8 Å². The second-order valence-electron chi connectivity index (χ2n) is 4.54. The monoisotopic (exact) mass is 245 g/mol. The van der Waals surface area contributed by atoms with Gasteiger partial charge in [0.1, 0.15) is 11.0 Å². The van der Waals surface area contributed by atoms with E-state index in [1.54, 1.807) is 0 Å². The molecule has 0 bridgehead atoms. The fourth-order valence-corrected chi connectivity index (χ4v) is 2.25. The van der Waals surface area contributed by atoms with Gasteiger partial charge in [-0.1, -0.05) is 0 Å². The van der Waals surface area contributed by atoms with Crippen LogP contribution in [0.2, 0.25) is 0 Å². The molecule has 1 aromatic carbocycles. The van der Waals surface area contributed by atoms with Crippen molar-refractivity contribution in [3.05, 3.63) is 18.2 Å². The van der Waals surface area contributed by atoms with Gasteiger partial charge in [0.25, 0.3) is 0 Å². The number of benzene rings is 1. The number of aromatic amines is 1. The molecule has 1 saturated heterocycles. The molecular weight excluding hydrogens is 230 g/mol. The Morgan fingerprint density at radius 1 is 1.22 bits per heavy atom. The standard InChI is InChI=1S/C12H15N5O/c18-12(8-3-5-13-6-4-8)14-9-1-2-10-11(7-9)16-17-15-10/h1-2,7-8,13H,3-6H2,(H,14,18)(H,15,16,17). The van der Waals surface area contributed by atoms with Crippen molar-refractivity contribution in [2.75, 3.05) is 18.4 Å². The maximum absolute atomic E-state index is 12.1. The second kappa shape index (κ2) is 4.73. The summed E-state index contributed by atoms with van der Waals surface area (Å²) in [6.07, 6.45) is 1.80. The van der Waals surface area contributed by atoms with Gasteiger partial charge in [0, 0.05) is 11.6 Å². The Hall–Kier alpha value is -1.95. The van der Waals surface area contributed by atoms with Crippen LogP contribution in [0.4, 0.5) is 5.69 Å². The Morgan fingerprint density at radius 3 is 2.83 bits per heavy atom. The first-order valence-electron chi connectivity index (χ1n) is 6.15. The summed E-state index contributed by atoms with van der Waals surface area (Å²) in [7, 11) is 0. The summed E-state index contributed by atoms with van der Waals surface area (Å²) in [6.45, 7) is 1.83. The minimum Gasteiger partial charge on any atom is -0.326 e. The predicted octanol–water partition coefficient (Wildman–Crippen LogP) is 0.896. The van der Waals surface area contributed by atoms with Gasteiger partial charge in [0.15, 0.2) is 0 Å². The van der Waals surface area contributed by atoms with E-state index in [0.29, 0.717) is 0 Å². The lowest BCUT2D eigenvalue weighted by molar-refractivity contribution is -0.120. The minimum absolute atomic E-state index is 0.0966. The number of anilines is 1. The van der Waals surface area contributed by atoms with E-state index in [0.717, 1.165) is 42.7 Å². The first-order chi connectivity index (χ1) is 8.83. The molecule has 6 nitrogen and oxygen atoms in total. The molecule has 0 atom stereocenters. The molecule has 94 valence electrons. The van der Waals surface area contributed by atoms with Gasteiger partial charge >= 0.3 is 0 Å². The Kier molecular flexibility index (Phi) is 2.93. The normalized spacial score (nSPS) is 16.9.